The predicted octanol–water partition coefficient (Wildman–Crippen LogP) is 1.14. The van der Waals surface area contributed by atoms with Gasteiger partial charge in [-0.2, -0.15) is 0 Å². The van der Waals surface area contributed by atoms with Crippen LogP contribution in [-0.4, -0.2) is 56.1 Å². The van der Waals surface area contributed by atoms with Crippen molar-refractivity contribution >= 4 is 37.5 Å². The van der Waals surface area contributed by atoms with Gasteiger partial charge in [-0.1, -0.05) is 24.2 Å². The van der Waals surface area contributed by atoms with E-state index in [-0.39, 0.29) is 28.3 Å². The summed E-state index contributed by atoms with van der Waals surface area (Å²) in [6, 6.07) is 4.62. The number of hydrogen-bond acceptors (Lipinski definition) is 6. The second kappa shape index (κ2) is 7.94. The molecule has 8 nitrogen and oxygen atoms in total. The second-order valence-corrected chi connectivity index (χ2v) is 9.89. The molecule has 2 aliphatic rings. The number of fused-ring (bicyclic) bond motifs is 1. The van der Waals surface area contributed by atoms with Crippen LogP contribution in [0.15, 0.2) is 27.9 Å². The average molecular weight is 426 g/mol. The van der Waals surface area contributed by atoms with Crippen LogP contribution in [0.1, 0.15) is 25.7 Å². The van der Waals surface area contributed by atoms with Gasteiger partial charge in [0.25, 0.3) is 0 Å². The SMILES string of the molecule is O=C(Cn1c(=O)sc2cc(S(=O)(=O)NC3CCCC3)ccc21)N1CCOCC1. The van der Waals surface area contributed by atoms with Crippen LogP contribution in [-0.2, 0) is 26.1 Å². The largest absolute Gasteiger partial charge is 0.378 e. The highest BCUT2D eigenvalue weighted by Gasteiger charge is 2.24. The monoisotopic (exact) mass is 425 g/mol. The fraction of sp³-hybridized carbons (Fsp3) is 0.556. The zero-order chi connectivity index (χ0) is 19.7. The third kappa shape index (κ3) is 4.00. The standard InChI is InChI=1S/C18H23N3O5S2/c22-17(20-7-9-26-10-8-20)12-21-15-6-5-14(11-16(15)27-18(21)23)28(24,25)19-13-3-1-2-4-13/h5-6,11,13,19H,1-4,7-10,12H2. The number of ether oxygens (including phenoxy) is 1. The Kier molecular flexibility index (Phi) is 5.55. The number of rotatable bonds is 5. The molecule has 0 bridgehead atoms. The lowest BCUT2D eigenvalue weighted by Gasteiger charge is -2.26. The maximum absolute atomic E-state index is 12.6. The Morgan fingerprint density at radius 3 is 2.64 bits per heavy atom. The van der Waals surface area contributed by atoms with E-state index in [1.807, 2.05) is 0 Å². The third-order valence-electron chi connectivity index (χ3n) is 5.28. The van der Waals surface area contributed by atoms with Gasteiger partial charge in [0.05, 0.1) is 28.3 Å². The quantitative estimate of drug-likeness (QED) is 0.775. The molecule has 2 fully saturated rings. The molecule has 1 aromatic carbocycles. The molecule has 1 N–H and O–H groups in total. The Hall–Kier alpha value is -1.75. The molecular formula is C18H23N3O5S2. The summed E-state index contributed by atoms with van der Waals surface area (Å²) in [4.78, 5) is 26.5. The first-order chi connectivity index (χ1) is 13.4. The van der Waals surface area contributed by atoms with Crippen LogP contribution in [0.25, 0.3) is 10.2 Å². The molecule has 1 aromatic heterocycles. The molecule has 0 spiro atoms. The summed E-state index contributed by atoms with van der Waals surface area (Å²) in [5.74, 6) is -0.135. The van der Waals surface area contributed by atoms with E-state index in [4.69, 9.17) is 4.74 Å². The average Bonchev–Trinajstić information content (AvgIpc) is 3.29. The van der Waals surface area contributed by atoms with Crippen LogP contribution in [0.3, 0.4) is 0 Å². The number of carbonyl (C=O) groups is 1. The van der Waals surface area contributed by atoms with Crippen molar-refractivity contribution in [2.24, 2.45) is 0 Å². The Morgan fingerprint density at radius 1 is 1.21 bits per heavy atom. The van der Waals surface area contributed by atoms with E-state index in [1.54, 1.807) is 11.0 Å². The maximum atomic E-state index is 12.6. The molecule has 1 saturated heterocycles. The van der Waals surface area contributed by atoms with Crippen molar-refractivity contribution in [1.82, 2.24) is 14.2 Å². The maximum Gasteiger partial charge on any atom is 0.308 e. The highest BCUT2D eigenvalue weighted by atomic mass is 32.2. The number of morpholine rings is 1. The van der Waals surface area contributed by atoms with E-state index in [9.17, 15) is 18.0 Å². The van der Waals surface area contributed by atoms with Crippen molar-refractivity contribution in [2.45, 2.75) is 43.2 Å². The fourth-order valence-corrected chi connectivity index (χ4v) is 6.08. The smallest absolute Gasteiger partial charge is 0.308 e. The Morgan fingerprint density at radius 2 is 1.93 bits per heavy atom. The van der Waals surface area contributed by atoms with Crippen molar-refractivity contribution in [1.29, 1.82) is 0 Å². The van der Waals surface area contributed by atoms with E-state index in [2.05, 4.69) is 4.72 Å². The van der Waals surface area contributed by atoms with Crippen LogP contribution in [0.2, 0.25) is 0 Å². The van der Waals surface area contributed by atoms with Gasteiger partial charge >= 0.3 is 4.87 Å². The van der Waals surface area contributed by atoms with Crippen LogP contribution in [0.5, 0.6) is 0 Å². The molecule has 10 heteroatoms. The number of thiazole rings is 1. The summed E-state index contributed by atoms with van der Waals surface area (Å²) in [7, 11) is -3.62. The summed E-state index contributed by atoms with van der Waals surface area (Å²) in [5, 5.41) is 0. The molecule has 1 saturated carbocycles. The number of nitrogens with one attached hydrogen (secondary N) is 1. The number of hydrogen-bond donors (Lipinski definition) is 1. The lowest BCUT2D eigenvalue weighted by molar-refractivity contribution is -0.135. The molecule has 1 aliphatic heterocycles. The molecule has 0 unspecified atom stereocenters. The first kappa shape index (κ1) is 19.6. The lowest BCUT2D eigenvalue weighted by atomic mass is 10.3. The summed E-state index contributed by atoms with van der Waals surface area (Å²) < 4.78 is 35.3. The van der Waals surface area contributed by atoms with Crippen molar-refractivity contribution in [3.8, 4) is 0 Å². The Balaban J connectivity index is 1.58. The Labute approximate surface area is 167 Å². The van der Waals surface area contributed by atoms with E-state index >= 15 is 0 Å². The molecule has 152 valence electrons. The van der Waals surface area contributed by atoms with Gasteiger partial charge in [-0.15, -0.1) is 0 Å². The zero-order valence-electron chi connectivity index (χ0n) is 15.4. The van der Waals surface area contributed by atoms with Crippen LogP contribution >= 0.6 is 11.3 Å². The third-order valence-corrected chi connectivity index (χ3v) is 7.74. The number of sulfonamides is 1. The summed E-state index contributed by atoms with van der Waals surface area (Å²) >= 11 is 0.960. The van der Waals surface area contributed by atoms with Gasteiger partial charge in [0.2, 0.25) is 15.9 Å². The lowest BCUT2D eigenvalue weighted by Crippen LogP contribution is -2.43. The Bertz CT molecular complexity index is 1030. The summed E-state index contributed by atoms with van der Waals surface area (Å²) in [6.07, 6.45) is 3.78. The van der Waals surface area contributed by atoms with Crippen molar-refractivity contribution in [3.05, 3.63) is 27.9 Å². The highest BCUT2D eigenvalue weighted by Crippen LogP contribution is 2.24. The van der Waals surface area contributed by atoms with E-state index in [0.29, 0.717) is 36.5 Å². The molecule has 28 heavy (non-hydrogen) atoms. The van der Waals surface area contributed by atoms with E-state index < -0.39 is 10.0 Å². The predicted molar refractivity (Wildman–Crippen MR) is 106 cm³/mol. The second-order valence-electron chi connectivity index (χ2n) is 7.18. The van der Waals surface area contributed by atoms with E-state index in [1.165, 1.54) is 16.7 Å². The van der Waals surface area contributed by atoms with Gasteiger partial charge in [0.1, 0.15) is 6.54 Å². The topological polar surface area (TPSA) is 97.7 Å². The van der Waals surface area contributed by atoms with Crippen molar-refractivity contribution in [3.63, 3.8) is 0 Å². The molecule has 1 amide bonds. The van der Waals surface area contributed by atoms with Gasteiger partial charge < -0.3 is 9.64 Å². The van der Waals surface area contributed by atoms with Crippen LogP contribution in [0.4, 0.5) is 0 Å². The summed E-state index contributed by atoms with van der Waals surface area (Å²) in [6.45, 7) is 1.99. The number of nitrogens with zero attached hydrogens (tertiary/aromatic N) is 2. The minimum atomic E-state index is -3.62. The van der Waals surface area contributed by atoms with Gasteiger partial charge in [-0.3, -0.25) is 14.2 Å². The molecule has 1 aliphatic carbocycles. The minimum Gasteiger partial charge on any atom is -0.378 e. The molecule has 2 heterocycles. The van der Waals surface area contributed by atoms with Crippen LogP contribution in [0, 0.1) is 0 Å². The molecular weight excluding hydrogens is 402 g/mol. The van der Waals surface area contributed by atoms with Crippen LogP contribution < -0.4 is 9.60 Å². The number of benzene rings is 1. The normalized spacial score (nSPS) is 18.8. The first-order valence-electron chi connectivity index (χ1n) is 9.45. The number of carbonyl (C=O) groups excluding carboxylic acids is 1. The summed E-state index contributed by atoms with van der Waals surface area (Å²) in [5.41, 5.74) is 0.580. The molecule has 4 rings (SSSR count). The first-order valence-corrected chi connectivity index (χ1v) is 11.8. The number of aromatic nitrogens is 1. The van der Waals surface area contributed by atoms with Gasteiger partial charge in [0.15, 0.2) is 0 Å². The zero-order valence-corrected chi connectivity index (χ0v) is 17.1. The van der Waals surface area contributed by atoms with Gasteiger partial charge in [-0.05, 0) is 31.0 Å². The van der Waals surface area contributed by atoms with Crippen molar-refractivity contribution < 1.29 is 17.9 Å². The molecule has 0 atom stereocenters. The molecule has 0 radical (unpaired) electrons. The fourth-order valence-electron chi connectivity index (χ4n) is 3.74. The van der Waals surface area contributed by atoms with E-state index in [0.717, 1.165) is 37.0 Å². The minimum absolute atomic E-state index is 0.0184. The van der Waals surface area contributed by atoms with Gasteiger partial charge in [-0.25, -0.2) is 13.1 Å². The van der Waals surface area contributed by atoms with Crippen molar-refractivity contribution in [2.75, 3.05) is 26.3 Å². The number of amides is 1. The highest BCUT2D eigenvalue weighted by molar-refractivity contribution is 7.89. The molecule has 2 aromatic rings. The van der Waals surface area contributed by atoms with Gasteiger partial charge in [0, 0.05) is 19.1 Å².